The molecule has 1 atom stereocenters. The maximum atomic E-state index is 12.8. The van der Waals surface area contributed by atoms with Crippen LogP contribution in [-0.4, -0.2) is 38.0 Å². The highest BCUT2D eigenvalue weighted by Crippen LogP contribution is 2.32. The lowest BCUT2D eigenvalue weighted by Crippen LogP contribution is -2.23. The Morgan fingerprint density at radius 1 is 1.41 bits per heavy atom. The Bertz CT molecular complexity index is 871. The molecule has 1 N–H and O–H groups in total. The first-order valence-electron chi connectivity index (χ1n) is 7.31. The van der Waals surface area contributed by atoms with E-state index in [1.807, 2.05) is 0 Å². The van der Waals surface area contributed by atoms with E-state index in [2.05, 4.69) is 15.5 Å². The molecule has 9 nitrogen and oxygen atoms in total. The predicted molar refractivity (Wildman–Crippen MR) is 89.6 cm³/mol. The van der Waals surface area contributed by atoms with Crippen LogP contribution in [0.15, 0.2) is 23.4 Å². The molecule has 1 heterocycles. The highest BCUT2D eigenvalue weighted by atomic mass is 32.2. The number of thioether (sulfide) groups is 1. The summed E-state index contributed by atoms with van der Waals surface area (Å²) >= 11 is 0.761. The first kappa shape index (κ1) is 20.5. The van der Waals surface area contributed by atoms with E-state index in [0.717, 1.165) is 29.4 Å². The number of nitro benzene ring substituents is 1. The minimum absolute atomic E-state index is 0.0677. The van der Waals surface area contributed by atoms with Crippen LogP contribution in [0.4, 0.5) is 24.5 Å². The number of carbonyl (C=O) groups excluding carboxylic acids is 1. The fourth-order valence-electron chi connectivity index (χ4n) is 2.02. The minimum Gasteiger partial charge on any atom is -0.495 e. The molecule has 27 heavy (non-hydrogen) atoms. The number of ether oxygens (including phenoxy) is 1. The Morgan fingerprint density at radius 2 is 2.07 bits per heavy atom. The third-order valence-corrected chi connectivity index (χ3v) is 4.53. The number of anilines is 1. The Labute approximate surface area is 155 Å². The maximum Gasteiger partial charge on any atom is 0.451 e. The zero-order chi connectivity index (χ0) is 20.4. The van der Waals surface area contributed by atoms with Crippen molar-refractivity contribution in [2.45, 2.75) is 23.5 Å². The first-order valence-corrected chi connectivity index (χ1v) is 8.19. The van der Waals surface area contributed by atoms with E-state index >= 15 is 0 Å². The van der Waals surface area contributed by atoms with Crippen molar-refractivity contribution in [3.8, 4) is 5.75 Å². The molecule has 146 valence electrons. The summed E-state index contributed by atoms with van der Waals surface area (Å²) in [5.41, 5.74) is -0.187. The zero-order valence-corrected chi connectivity index (χ0v) is 15.1. The van der Waals surface area contributed by atoms with E-state index in [1.165, 1.54) is 26.2 Å². The average Bonchev–Trinajstić information content (AvgIpc) is 2.95. The Hall–Kier alpha value is -2.83. The van der Waals surface area contributed by atoms with Crippen LogP contribution in [0.2, 0.25) is 0 Å². The summed E-state index contributed by atoms with van der Waals surface area (Å²) in [6.07, 6.45) is -4.66. The number of benzene rings is 1. The molecule has 0 aliphatic rings. The second-order valence-corrected chi connectivity index (χ2v) is 6.56. The number of non-ortho nitro benzene ring substituents is 1. The van der Waals surface area contributed by atoms with Gasteiger partial charge in [-0.05, 0) is 13.0 Å². The summed E-state index contributed by atoms with van der Waals surface area (Å²) in [5.74, 6) is -1.59. The number of nitro groups is 1. The number of amides is 1. The molecular weight excluding hydrogens is 391 g/mol. The monoisotopic (exact) mass is 405 g/mol. The van der Waals surface area contributed by atoms with Crippen molar-refractivity contribution in [1.82, 2.24) is 14.8 Å². The molecule has 1 amide bonds. The summed E-state index contributed by atoms with van der Waals surface area (Å²) < 4.78 is 44.0. The van der Waals surface area contributed by atoms with Gasteiger partial charge in [-0.25, -0.2) is 0 Å². The molecule has 0 aliphatic carbocycles. The molecule has 2 rings (SSSR count). The van der Waals surface area contributed by atoms with Crippen molar-refractivity contribution < 1.29 is 27.6 Å². The quantitative estimate of drug-likeness (QED) is 0.447. The fraction of sp³-hybridized carbons (Fsp3) is 0.357. The van der Waals surface area contributed by atoms with Gasteiger partial charge in [-0.1, -0.05) is 11.8 Å². The van der Waals surface area contributed by atoms with Gasteiger partial charge in [0, 0.05) is 19.2 Å². The standard InChI is InChI=1S/C14H14F3N5O4S/c1-7(27-13-20-19-12(21(13)2)14(15,16)17)11(23)18-9-6-8(22(24)25)4-5-10(9)26-3/h4-7H,1-3H3,(H,18,23). The van der Waals surface area contributed by atoms with E-state index in [-0.39, 0.29) is 22.3 Å². The topological polar surface area (TPSA) is 112 Å². The molecule has 0 fully saturated rings. The van der Waals surface area contributed by atoms with Crippen LogP contribution in [0.1, 0.15) is 12.7 Å². The van der Waals surface area contributed by atoms with Crippen LogP contribution in [0, 0.1) is 10.1 Å². The molecule has 2 aromatic rings. The summed E-state index contributed by atoms with van der Waals surface area (Å²) in [4.78, 5) is 22.6. The highest BCUT2D eigenvalue weighted by molar-refractivity contribution is 8.00. The third-order valence-electron chi connectivity index (χ3n) is 3.39. The number of nitrogens with zero attached hydrogens (tertiary/aromatic N) is 4. The molecule has 1 aromatic heterocycles. The van der Waals surface area contributed by atoms with Crippen LogP contribution in [0.25, 0.3) is 0 Å². The second-order valence-electron chi connectivity index (χ2n) is 5.25. The van der Waals surface area contributed by atoms with E-state index in [9.17, 15) is 28.1 Å². The summed E-state index contributed by atoms with van der Waals surface area (Å²) in [6, 6.07) is 3.66. The van der Waals surface area contributed by atoms with Gasteiger partial charge in [0.2, 0.25) is 11.7 Å². The van der Waals surface area contributed by atoms with Gasteiger partial charge in [-0.15, -0.1) is 10.2 Å². The largest absolute Gasteiger partial charge is 0.495 e. The second kappa shape index (κ2) is 7.82. The molecule has 0 radical (unpaired) electrons. The van der Waals surface area contributed by atoms with Crippen LogP contribution in [0.5, 0.6) is 5.75 Å². The number of carbonyl (C=O) groups is 1. The molecule has 0 spiro atoms. The van der Waals surface area contributed by atoms with Crippen molar-refractivity contribution in [3.05, 3.63) is 34.1 Å². The van der Waals surface area contributed by atoms with Gasteiger partial charge >= 0.3 is 6.18 Å². The van der Waals surface area contributed by atoms with Crippen molar-refractivity contribution in [2.24, 2.45) is 7.05 Å². The van der Waals surface area contributed by atoms with E-state index in [0.29, 0.717) is 0 Å². The molecule has 0 bridgehead atoms. The molecular formula is C14H14F3N5O4S. The fourth-order valence-corrected chi connectivity index (χ4v) is 2.83. The Balaban J connectivity index is 2.16. The lowest BCUT2D eigenvalue weighted by atomic mass is 10.2. The lowest BCUT2D eigenvalue weighted by molar-refractivity contribution is -0.384. The van der Waals surface area contributed by atoms with Gasteiger partial charge in [0.1, 0.15) is 5.75 Å². The number of rotatable bonds is 6. The van der Waals surface area contributed by atoms with Gasteiger partial charge in [0.25, 0.3) is 5.69 Å². The molecule has 0 saturated heterocycles. The Morgan fingerprint density at radius 3 is 2.59 bits per heavy atom. The molecule has 1 aromatic carbocycles. The first-order chi connectivity index (χ1) is 12.5. The minimum atomic E-state index is -4.66. The normalized spacial score (nSPS) is 12.5. The number of methoxy groups -OCH3 is 1. The van der Waals surface area contributed by atoms with Crippen LogP contribution in [-0.2, 0) is 18.0 Å². The van der Waals surface area contributed by atoms with E-state index in [1.54, 1.807) is 0 Å². The molecule has 13 heteroatoms. The van der Waals surface area contributed by atoms with Gasteiger partial charge in [0.05, 0.1) is 23.0 Å². The molecule has 1 unspecified atom stereocenters. The smallest absolute Gasteiger partial charge is 0.451 e. The Kier molecular flexibility index (Phi) is 5.93. The van der Waals surface area contributed by atoms with Crippen molar-refractivity contribution in [2.75, 3.05) is 12.4 Å². The number of hydrogen-bond acceptors (Lipinski definition) is 7. The van der Waals surface area contributed by atoms with Crippen LogP contribution >= 0.6 is 11.8 Å². The van der Waals surface area contributed by atoms with Crippen molar-refractivity contribution >= 4 is 29.0 Å². The predicted octanol–water partition coefficient (Wildman–Crippen LogP) is 2.87. The summed E-state index contributed by atoms with van der Waals surface area (Å²) in [5, 5.41) is 18.9. The zero-order valence-electron chi connectivity index (χ0n) is 14.3. The lowest BCUT2D eigenvalue weighted by Gasteiger charge is -2.14. The summed E-state index contributed by atoms with van der Waals surface area (Å²) in [6.45, 7) is 1.45. The van der Waals surface area contributed by atoms with Gasteiger partial charge in [-0.3, -0.25) is 14.9 Å². The third kappa shape index (κ3) is 4.67. The van der Waals surface area contributed by atoms with E-state index in [4.69, 9.17) is 4.74 Å². The van der Waals surface area contributed by atoms with Gasteiger partial charge in [-0.2, -0.15) is 13.2 Å². The number of nitrogens with one attached hydrogen (secondary N) is 1. The van der Waals surface area contributed by atoms with Crippen LogP contribution in [0.3, 0.4) is 0 Å². The SMILES string of the molecule is COc1ccc([N+](=O)[O-])cc1NC(=O)C(C)Sc1nnc(C(F)(F)F)n1C. The maximum absolute atomic E-state index is 12.8. The van der Waals surface area contributed by atoms with Crippen molar-refractivity contribution in [1.29, 1.82) is 0 Å². The van der Waals surface area contributed by atoms with E-state index < -0.39 is 28.1 Å². The van der Waals surface area contributed by atoms with Crippen LogP contribution < -0.4 is 10.1 Å². The summed E-state index contributed by atoms with van der Waals surface area (Å²) in [7, 11) is 2.46. The number of hydrogen-bond donors (Lipinski definition) is 1. The number of aromatic nitrogens is 3. The average molecular weight is 405 g/mol. The van der Waals surface area contributed by atoms with Crippen molar-refractivity contribution in [3.63, 3.8) is 0 Å². The molecule has 0 aliphatic heterocycles. The number of halogens is 3. The molecule has 0 saturated carbocycles. The number of alkyl halides is 3. The highest BCUT2D eigenvalue weighted by Gasteiger charge is 2.38. The van der Waals surface area contributed by atoms with Gasteiger partial charge in [0.15, 0.2) is 5.16 Å². The van der Waals surface area contributed by atoms with Gasteiger partial charge < -0.3 is 14.6 Å².